The number of carbonyl (C=O) groups is 1. The van der Waals surface area contributed by atoms with E-state index in [0.717, 1.165) is 0 Å². The van der Waals surface area contributed by atoms with Crippen molar-refractivity contribution < 1.29 is 14.3 Å². The lowest BCUT2D eigenvalue weighted by Gasteiger charge is -2.34. The van der Waals surface area contributed by atoms with Crippen molar-refractivity contribution in [2.24, 2.45) is 0 Å². The van der Waals surface area contributed by atoms with Crippen LogP contribution in [0.3, 0.4) is 0 Å². The van der Waals surface area contributed by atoms with E-state index in [4.69, 9.17) is 26.8 Å². The van der Waals surface area contributed by atoms with Crippen molar-refractivity contribution >= 4 is 29.1 Å². The first-order valence-corrected chi connectivity index (χ1v) is 5.71. The summed E-state index contributed by atoms with van der Waals surface area (Å²) in [5, 5.41) is 0.162. The highest BCUT2D eigenvalue weighted by Crippen LogP contribution is 2.28. The second-order valence-electron chi connectivity index (χ2n) is 3.71. The molecule has 2 heterocycles. The van der Waals surface area contributed by atoms with Crippen molar-refractivity contribution in [1.82, 2.24) is 9.97 Å². The molecule has 0 aromatic carbocycles. The molecule has 8 heteroatoms. The highest BCUT2D eigenvalue weighted by atomic mass is 35.5. The van der Waals surface area contributed by atoms with Crippen molar-refractivity contribution in [2.45, 2.75) is 6.04 Å². The van der Waals surface area contributed by atoms with E-state index in [1.165, 1.54) is 13.4 Å². The average Bonchev–Trinajstić information content (AvgIpc) is 2.41. The third kappa shape index (κ3) is 2.32. The first-order chi connectivity index (χ1) is 8.65. The van der Waals surface area contributed by atoms with E-state index < -0.39 is 12.0 Å². The average molecular weight is 273 g/mol. The van der Waals surface area contributed by atoms with Crippen LogP contribution in [-0.2, 0) is 14.3 Å². The van der Waals surface area contributed by atoms with Crippen LogP contribution >= 0.6 is 11.6 Å². The molecule has 0 amide bonds. The van der Waals surface area contributed by atoms with E-state index >= 15 is 0 Å². The van der Waals surface area contributed by atoms with Gasteiger partial charge in [0.15, 0.2) is 17.0 Å². The van der Waals surface area contributed by atoms with Crippen molar-refractivity contribution in [3.8, 4) is 0 Å². The molecule has 0 aliphatic carbocycles. The van der Waals surface area contributed by atoms with Crippen LogP contribution in [0.1, 0.15) is 0 Å². The van der Waals surface area contributed by atoms with E-state index in [1.54, 1.807) is 4.90 Å². The first kappa shape index (κ1) is 12.8. The predicted octanol–water partition coefficient (Wildman–Crippen LogP) is 0.0904. The number of hydrogen-bond donors (Lipinski definition) is 1. The predicted molar refractivity (Wildman–Crippen MR) is 65.4 cm³/mol. The second-order valence-corrected chi connectivity index (χ2v) is 4.07. The van der Waals surface area contributed by atoms with Gasteiger partial charge < -0.3 is 20.1 Å². The van der Waals surface area contributed by atoms with Crippen LogP contribution in [0.15, 0.2) is 6.33 Å². The summed E-state index contributed by atoms with van der Waals surface area (Å²) in [6.07, 6.45) is 1.30. The Morgan fingerprint density at radius 2 is 2.44 bits per heavy atom. The van der Waals surface area contributed by atoms with Crippen molar-refractivity contribution in [1.29, 1.82) is 0 Å². The first-order valence-electron chi connectivity index (χ1n) is 5.33. The van der Waals surface area contributed by atoms with E-state index in [1.807, 2.05) is 0 Å². The van der Waals surface area contributed by atoms with E-state index in [9.17, 15) is 4.79 Å². The Labute approximate surface area is 109 Å². The standard InChI is InChI=1S/C10H13ClN4O3/c1-17-10(16)6-4-18-3-2-15(6)9-7(12)8(11)13-5-14-9/h5-6H,2-4,12H2,1H3. The summed E-state index contributed by atoms with van der Waals surface area (Å²) in [5.74, 6) is 0.0255. The van der Waals surface area contributed by atoms with Crippen LogP contribution < -0.4 is 10.6 Å². The molecule has 98 valence electrons. The Bertz CT molecular complexity index is 457. The van der Waals surface area contributed by atoms with Gasteiger partial charge in [0, 0.05) is 6.54 Å². The molecule has 1 aliphatic heterocycles. The Kier molecular flexibility index (Phi) is 3.83. The number of methoxy groups -OCH3 is 1. The number of hydrogen-bond acceptors (Lipinski definition) is 7. The molecule has 1 atom stereocenters. The van der Waals surface area contributed by atoms with Gasteiger partial charge in [-0.25, -0.2) is 14.8 Å². The maximum Gasteiger partial charge on any atom is 0.330 e. The van der Waals surface area contributed by atoms with E-state index in [0.29, 0.717) is 19.0 Å². The summed E-state index contributed by atoms with van der Waals surface area (Å²) in [4.78, 5) is 21.3. The maximum atomic E-state index is 11.7. The minimum absolute atomic E-state index is 0.162. The van der Waals surface area contributed by atoms with E-state index in [2.05, 4.69) is 9.97 Å². The number of carbonyl (C=O) groups excluding carboxylic acids is 1. The summed E-state index contributed by atoms with van der Waals surface area (Å²) in [7, 11) is 1.32. The number of nitrogens with zero attached hydrogens (tertiary/aromatic N) is 3. The zero-order valence-electron chi connectivity index (χ0n) is 9.80. The fraction of sp³-hybridized carbons (Fsp3) is 0.500. The molecular formula is C10H13ClN4O3. The summed E-state index contributed by atoms with van der Waals surface area (Å²) in [5.41, 5.74) is 6.07. The van der Waals surface area contributed by atoms with Crippen LogP contribution in [-0.4, -0.2) is 48.8 Å². The van der Waals surface area contributed by atoms with Gasteiger partial charge in [-0.2, -0.15) is 0 Å². The molecule has 2 N–H and O–H groups in total. The lowest BCUT2D eigenvalue weighted by atomic mass is 10.2. The van der Waals surface area contributed by atoms with Crippen LogP contribution in [0.4, 0.5) is 11.5 Å². The molecule has 1 aromatic rings. The molecule has 0 bridgehead atoms. The van der Waals surface area contributed by atoms with Gasteiger partial charge >= 0.3 is 5.97 Å². The summed E-state index contributed by atoms with van der Waals surface area (Å²) < 4.78 is 10.0. The van der Waals surface area contributed by atoms with Gasteiger partial charge in [0.2, 0.25) is 0 Å². The molecule has 0 saturated carbocycles. The Balaban J connectivity index is 2.34. The number of ether oxygens (including phenoxy) is 2. The fourth-order valence-electron chi connectivity index (χ4n) is 1.78. The molecule has 7 nitrogen and oxygen atoms in total. The van der Waals surface area contributed by atoms with Crippen LogP contribution in [0, 0.1) is 0 Å². The molecule has 0 radical (unpaired) electrons. The van der Waals surface area contributed by atoms with E-state index in [-0.39, 0.29) is 17.4 Å². The minimum Gasteiger partial charge on any atom is -0.467 e. The third-order valence-corrected chi connectivity index (χ3v) is 2.99. The van der Waals surface area contributed by atoms with Gasteiger partial charge in [0.1, 0.15) is 12.0 Å². The number of esters is 1. The normalized spacial score (nSPS) is 19.7. The minimum atomic E-state index is -0.572. The molecule has 1 unspecified atom stereocenters. The summed E-state index contributed by atoms with van der Waals surface area (Å²) in [6.45, 7) is 1.19. The quantitative estimate of drug-likeness (QED) is 0.603. The van der Waals surface area contributed by atoms with Crippen molar-refractivity contribution in [3.63, 3.8) is 0 Å². The Hall–Kier alpha value is -1.60. The largest absolute Gasteiger partial charge is 0.467 e. The number of halogens is 1. The van der Waals surface area contributed by atoms with Crippen LogP contribution in [0.5, 0.6) is 0 Å². The van der Waals surface area contributed by atoms with Crippen molar-refractivity contribution in [3.05, 3.63) is 11.5 Å². The Morgan fingerprint density at radius 3 is 3.17 bits per heavy atom. The number of anilines is 2. The number of nitrogens with two attached hydrogens (primary N) is 1. The molecule has 1 aromatic heterocycles. The third-order valence-electron chi connectivity index (χ3n) is 2.69. The molecule has 1 aliphatic rings. The van der Waals surface area contributed by atoms with Gasteiger partial charge in [-0.1, -0.05) is 11.6 Å². The van der Waals surface area contributed by atoms with Crippen molar-refractivity contribution in [2.75, 3.05) is 37.5 Å². The maximum absolute atomic E-state index is 11.7. The van der Waals surface area contributed by atoms with Gasteiger partial charge in [-0.3, -0.25) is 0 Å². The highest BCUT2D eigenvalue weighted by molar-refractivity contribution is 6.32. The SMILES string of the molecule is COC(=O)C1COCCN1c1ncnc(Cl)c1N. The smallest absolute Gasteiger partial charge is 0.330 e. The summed E-state index contributed by atoms with van der Waals surface area (Å²) in [6, 6.07) is -0.572. The van der Waals surface area contributed by atoms with Gasteiger partial charge in [0.25, 0.3) is 0 Å². The van der Waals surface area contributed by atoms with Crippen LogP contribution in [0.25, 0.3) is 0 Å². The van der Waals surface area contributed by atoms with Gasteiger partial charge in [0.05, 0.1) is 20.3 Å². The molecule has 2 rings (SSSR count). The lowest BCUT2D eigenvalue weighted by molar-refractivity contribution is -0.144. The molecular weight excluding hydrogens is 260 g/mol. The van der Waals surface area contributed by atoms with Crippen LogP contribution in [0.2, 0.25) is 5.15 Å². The summed E-state index contributed by atoms with van der Waals surface area (Å²) >= 11 is 5.84. The fourth-order valence-corrected chi connectivity index (χ4v) is 1.91. The number of rotatable bonds is 2. The Morgan fingerprint density at radius 1 is 1.67 bits per heavy atom. The molecule has 18 heavy (non-hydrogen) atoms. The zero-order valence-corrected chi connectivity index (χ0v) is 10.6. The molecule has 0 spiro atoms. The zero-order chi connectivity index (χ0) is 13.1. The topological polar surface area (TPSA) is 90.6 Å². The molecule has 1 saturated heterocycles. The molecule has 1 fully saturated rings. The second kappa shape index (κ2) is 5.36. The highest BCUT2D eigenvalue weighted by Gasteiger charge is 2.32. The number of aromatic nitrogens is 2. The number of nitrogen functional groups attached to an aromatic ring is 1. The van der Waals surface area contributed by atoms with Gasteiger partial charge in [-0.15, -0.1) is 0 Å². The monoisotopic (exact) mass is 272 g/mol. The van der Waals surface area contributed by atoms with Gasteiger partial charge in [-0.05, 0) is 0 Å². The number of morpholine rings is 1. The lowest BCUT2D eigenvalue weighted by Crippen LogP contribution is -2.51.